The van der Waals surface area contributed by atoms with Gasteiger partial charge in [-0.15, -0.1) is 0 Å². The molecular weight excluding hydrogens is 679 g/mol. The Bertz CT molecular complexity index is 3240. The maximum atomic E-state index is 6.43. The minimum absolute atomic E-state index is 0.866. The summed E-state index contributed by atoms with van der Waals surface area (Å²) >= 11 is 0. The number of hydrogen-bond acceptors (Lipinski definition) is 2. The molecule has 0 spiro atoms. The third-order valence-electron chi connectivity index (χ3n) is 11.3. The maximum Gasteiger partial charge on any atom is 0.137 e. The lowest BCUT2D eigenvalue weighted by molar-refractivity contribution is 0.669. The van der Waals surface area contributed by atoms with Crippen LogP contribution in [0.4, 0.5) is 17.1 Å². The van der Waals surface area contributed by atoms with Gasteiger partial charge >= 0.3 is 0 Å². The quantitative estimate of drug-likeness (QED) is 0.160. The third kappa shape index (κ3) is 5.26. The average molecular weight is 714 g/mol. The molecule has 0 aliphatic heterocycles. The largest absolute Gasteiger partial charge is 0.456 e. The number of fused-ring (bicyclic) bond motifs is 7. The fourth-order valence-electron chi connectivity index (χ4n) is 8.65. The first-order chi connectivity index (χ1) is 27.8. The highest BCUT2D eigenvalue weighted by Gasteiger charge is 2.22. The van der Waals surface area contributed by atoms with Crippen molar-refractivity contribution < 1.29 is 4.42 Å². The molecule has 10 aromatic carbocycles. The molecule has 0 unspecified atom stereocenters. The molecular formula is C54H35NO. The SMILES string of the molecule is c1ccc(N(c2ccc(-c3cccc4ccccc34)cc2)c2cccc3oc4ccccc4c23)c(-c2ccc(-c3cccc4c3ccc3ccccc34)cc2)c1. The molecule has 2 heteroatoms. The highest BCUT2D eigenvalue weighted by atomic mass is 16.3. The monoisotopic (exact) mass is 713 g/mol. The van der Waals surface area contributed by atoms with Gasteiger partial charge in [-0.25, -0.2) is 0 Å². The van der Waals surface area contributed by atoms with Crippen molar-refractivity contribution in [3.63, 3.8) is 0 Å². The van der Waals surface area contributed by atoms with Gasteiger partial charge in [0, 0.05) is 16.6 Å². The summed E-state index contributed by atoms with van der Waals surface area (Å²) in [7, 11) is 0. The number of anilines is 3. The summed E-state index contributed by atoms with van der Waals surface area (Å²) in [6.07, 6.45) is 0. The van der Waals surface area contributed by atoms with E-state index >= 15 is 0 Å². The van der Waals surface area contributed by atoms with E-state index in [1.54, 1.807) is 0 Å². The summed E-state index contributed by atoms with van der Waals surface area (Å²) in [5.41, 5.74) is 12.1. The van der Waals surface area contributed by atoms with Crippen molar-refractivity contribution in [2.75, 3.05) is 4.90 Å². The Morgan fingerprint density at radius 3 is 1.59 bits per heavy atom. The van der Waals surface area contributed by atoms with Crippen LogP contribution in [0.5, 0.6) is 0 Å². The minimum Gasteiger partial charge on any atom is -0.456 e. The standard InChI is InChI=1S/C54H35NO/c1-3-15-42-36(12-1)14-9-19-43(42)39-30-33-41(34-31-39)55(51-23-11-25-53-54(51)49-18-6-8-24-52(49)56-53)50-22-7-5-17-46(50)40-28-26-38(27-29-40)45-20-10-21-47-44-16-4-2-13-37(44)32-35-48(45)47/h1-35H. The Morgan fingerprint density at radius 1 is 0.286 bits per heavy atom. The highest BCUT2D eigenvalue weighted by Crippen LogP contribution is 2.46. The lowest BCUT2D eigenvalue weighted by Crippen LogP contribution is -2.11. The minimum atomic E-state index is 0.866. The van der Waals surface area contributed by atoms with Crippen molar-refractivity contribution in [2.45, 2.75) is 0 Å². The topological polar surface area (TPSA) is 16.4 Å². The van der Waals surface area contributed by atoms with Gasteiger partial charge in [-0.2, -0.15) is 0 Å². The fraction of sp³-hybridized carbons (Fsp3) is 0. The fourth-order valence-corrected chi connectivity index (χ4v) is 8.65. The van der Waals surface area contributed by atoms with E-state index in [0.29, 0.717) is 0 Å². The lowest BCUT2D eigenvalue weighted by atomic mass is 9.93. The van der Waals surface area contributed by atoms with Crippen LogP contribution in [0.25, 0.3) is 87.6 Å². The van der Waals surface area contributed by atoms with Gasteiger partial charge < -0.3 is 9.32 Å². The normalized spacial score (nSPS) is 11.6. The van der Waals surface area contributed by atoms with E-state index in [1.165, 1.54) is 54.6 Å². The van der Waals surface area contributed by atoms with Crippen molar-refractivity contribution in [2.24, 2.45) is 0 Å². The van der Waals surface area contributed by atoms with Crippen molar-refractivity contribution in [3.8, 4) is 33.4 Å². The molecule has 0 saturated heterocycles. The number of rotatable bonds is 6. The Labute approximate surface area is 325 Å². The average Bonchev–Trinajstić information content (AvgIpc) is 3.66. The van der Waals surface area contributed by atoms with E-state index in [2.05, 4.69) is 211 Å². The zero-order chi connectivity index (χ0) is 37.0. The summed E-state index contributed by atoms with van der Waals surface area (Å²) in [4.78, 5) is 2.40. The molecule has 11 aromatic rings. The van der Waals surface area contributed by atoms with Crippen molar-refractivity contribution in [3.05, 3.63) is 212 Å². The third-order valence-corrected chi connectivity index (χ3v) is 11.3. The lowest BCUT2D eigenvalue weighted by Gasteiger charge is -2.28. The van der Waals surface area contributed by atoms with Crippen LogP contribution >= 0.6 is 0 Å². The number of para-hydroxylation sites is 2. The summed E-state index contributed by atoms with van der Waals surface area (Å²) < 4.78 is 6.43. The molecule has 0 aliphatic rings. The van der Waals surface area contributed by atoms with Gasteiger partial charge in [0.1, 0.15) is 11.2 Å². The van der Waals surface area contributed by atoms with Gasteiger partial charge in [0.05, 0.1) is 16.8 Å². The smallest absolute Gasteiger partial charge is 0.137 e. The number of benzene rings is 10. The van der Waals surface area contributed by atoms with Crippen LogP contribution in [0, 0.1) is 0 Å². The van der Waals surface area contributed by atoms with Gasteiger partial charge in [-0.1, -0.05) is 176 Å². The van der Waals surface area contributed by atoms with E-state index in [1.807, 2.05) is 6.07 Å². The number of hydrogen-bond donors (Lipinski definition) is 0. The zero-order valence-corrected chi connectivity index (χ0v) is 30.6. The van der Waals surface area contributed by atoms with E-state index in [0.717, 1.165) is 50.1 Å². The van der Waals surface area contributed by atoms with Gasteiger partial charge in [0.2, 0.25) is 0 Å². The molecule has 0 bridgehead atoms. The second-order valence-electron chi connectivity index (χ2n) is 14.4. The second kappa shape index (κ2) is 13.2. The predicted octanol–water partition coefficient (Wildman–Crippen LogP) is 15.5. The molecule has 0 fully saturated rings. The molecule has 11 rings (SSSR count). The molecule has 0 radical (unpaired) electrons. The van der Waals surface area contributed by atoms with Crippen LogP contribution in [-0.2, 0) is 0 Å². The number of nitrogens with zero attached hydrogens (tertiary/aromatic N) is 1. The second-order valence-corrected chi connectivity index (χ2v) is 14.4. The van der Waals surface area contributed by atoms with Gasteiger partial charge in [-0.3, -0.25) is 0 Å². The molecule has 0 aliphatic carbocycles. The molecule has 1 aromatic heterocycles. The summed E-state index contributed by atoms with van der Waals surface area (Å²) in [5, 5.41) is 9.76. The zero-order valence-electron chi connectivity index (χ0n) is 30.6. The molecule has 262 valence electrons. The Morgan fingerprint density at radius 2 is 0.786 bits per heavy atom. The van der Waals surface area contributed by atoms with Gasteiger partial charge in [0.15, 0.2) is 0 Å². The van der Waals surface area contributed by atoms with Crippen LogP contribution in [-0.4, -0.2) is 0 Å². The molecule has 2 nitrogen and oxygen atoms in total. The van der Waals surface area contributed by atoms with Crippen molar-refractivity contribution in [1.29, 1.82) is 0 Å². The first-order valence-electron chi connectivity index (χ1n) is 19.2. The van der Waals surface area contributed by atoms with E-state index in [4.69, 9.17) is 4.42 Å². The Balaban J connectivity index is 1.06. The van der Waals surface area contributed by atoms with Crippen molar-refractivity contribution in [1.82, 2.24) is 0 Å². The van der Waals surface area contributed by atoms with Crippen LogP contribution in [0.15, 0.2) is 217 Å². The van der Waals surface area contributed by atoms with Crippen LogP contribution in [0.3, 0.4) is 0 Å². The van der Waals surface area contributed by atoms with Gasteiger partial charge in [-0.05, 0) is 96.5 Å². The van der Waals surface area contributed by atoms with Crippen LogP contribution in [0.1, 0.15) is 0 Å². The molecule has 0 N–H and O–H groups in total. The first kappa shape index (κ1) is 32.0. The molecule has 1 heterocycles. The predicted molar refractivity (Wildman–Crippen MR) is 237 cm³/mol. The number of furan rings is 1. The van der Waals surface area contributed by atoms with Crippen LogP contribution in [0.2, 0.25) is 0 Å². The molecule has 56 heavy (non-hydrogen) atoms. The summed E-state index contributed by atoms with van der Waals surface area (Å²) in [6, 6.07) is 76.5. The Hall–Kier alpha value is -7.42. The first-order valence-corrected chi connectivity index (χ1v) is 19.2. The van der Waals surface area contributed by atoms with E-state index in [9.17, 15) is 0 Å². The van der Waals surface area contributed by atoms with E-state index < -0.39 is 0 Å². The molecule has 0 amide bonds. The summed E-state index contributed by atoms with van der Waals surface area (Å²) in [6.45, 7) is 0. The maximum absolute atomic E-state index is 6.43. The highest BCUT2D eigenvalue weighted by molar-refractivity contribution is 6.14. The van der Waals surface area contributed by atoms with Crippen molar-refractivity contribution >= 4 is 71.3 Å². The van der Waals surface area contributed by atoms with Gasteiger partial charge in [0.25, 0.3) is 0 Å². The summed E-state index contributed by atoms with van der Waals surface area (Å²) in [5.74, 6) is 0. The molecule has 0 atom stereocenters. The molecule has 0 saturated carbocycles. The Kier molecular flexibility index (Phi) is 7.53. The van der Waals surface area contributed by atoms with E-state index in [-0.39, 0.29) is 0 Å². The van der Waals surface area contributed by atoms with Crippen LogP contribution < -0.4 is 4.90 Å².